The molecule has 1 heterocycles. The Kier molecular flexibility index (Phi) is 3.99. The van der Waals surface area contributed by atoms with Crippen molar-refractivity contribution in [3.63, 3.8) is 0 Å². The Morgan fingerprint density at radius 2 is 1.95 bits per heavy atom. The van der Waals surface area contributed by atoms with E-state index in [0.717, 1.165) is 5.69 Å². The van der Waals surface area contributed by atoms with Crippen molar-refractivity contribution in [1.29, 1.82) is 0 Å². The van der Waals surface area contributed by atoms with E-state index in [2.05, 4.69) is 19.7 Å². The number of nitrogens with one attached hydrogen (secondary N) is 2. The van der Waals surface area contributed by atoms with Crippen molar-refractivity contribution in [3.05, 3.63) is 41.1 Å². The molecule has 0 aliphatic carbocycles. The first kappa shape index (κ1) is 15.0. The lowest BCUT2D eigenvalue weighted by atomic mass is 10.2. The number of aryl methyl sites for hydroxylation is 1. The van der Waals surface area contributed by atoms with Crippen LogP contribution < -0.4 is 4.72 Å². The molecule has 0 saturated carbocycles. The van der Waals surface area contributed by atoms with Gasteiger partial charge in [-0.2, -0.15) is 5.10 Å². The van der Waals surface area contributed by atoms with E-state index in [-0.39, 0.29) is 16.3 Å². The minimum absolute atomic E-state index is 0.0302. The summed E-state index contributed by atoms with van der Waals surface area (Å²) in [7, 11) is -2.75. The maximum Gasteiger partial charge on any atom is 0.339 e. The van der Waals surface area contributed by atoms with Crippen LogP contribution in [0.5, 0.6) is 0 Å². The third-order valence-corrected chi connectivity index (χ3v) is 4.46. The first-order valence-electron chi connectivity index (χ1n) is 6.08. The van der Waals surface area contributed by atoms with Gasteiger partial charge in [0.2, 0.25) is 0 Å². The maximum atomic E-state index is 12.4. The van der Waals surface area contributed by atoms with Crippen LogP contribution in [0, 0.1) is 13.8 Å². The van der Waals surface area contributed by atoms with Crippen LogP contribution in [-0.2, 0) is 14.8 Å². The van der Waals surface area contributed by atoms with Gasteiger partial charge < -0.3 is 4.74 Å². The zero-order valence-corrected chi connectivity index (χ0v) is 12.6. The van der Waals surface area contributed by atoms with E-state index in [1.54, 1.807) is 19.9 Å². The number of carbonyl (C=O) groups excluding carboxylic acids is 1. The number of methoxy groups -OCH3 is 1. The van der Waals surface area contributed by atoms with Gasteiger partial charge in [0.05, 0.1) is 12.7 Å². The van der Waals surface area contributed by atoms with Crippen molar-refractivity contribution in [1.82, 2.24) is 10.2 Å². The smallest absolute Gasteiger partial charge is 0.339 e. The van der Waals surface area contributed by atoms with Gasteiger partial charge in [0, 0.05) is 11.3 Å². The summed E-state index contributed by atoms with van der Waals surface area (Å²) in [6, 6.07) is 5.82. The molecule has 0 saturated heterocycles. The maximum absolute atomic E-state index is 12.4. The quantitative estimate of drug-likeness (QED) is 0.836. The molecule has 0 bridgehead atoms. The lowest BCUT2D eigenvalue weighted by Crippen LogP contribution is -2.18. The van der Waals surface area contributed by atoms with Gasteiger partial charge in [-0.05, 0) is 26.0 Å². The molecule has 0 spiro atoms. The number of aromatic nitrogens is 2. The first-order chi connectivity index (χ1) is 9.86. The van der Waals surface area contributed by atoms with Crippen LogP contribution >= 0.6 is 0 Å². The van der Waals surface area contributed by atoms with Crippen molar-refractivity contribution in [2.45, 2.75) is 18.7 Å². The zero-order chi connectivity index (χ0) is 15.6. The van der Waals surface area contributed by atoms with Crippen LogP contribution in [0.15, 0.2) is 29.2 Å². The highest BCUT2D eigenvalue weighted by Gasteiger charge is 2.24. The summed E-state index contributed by atoms with van der Waals surface area (Å²) >= 11 is 0. The van der Waals surface area contributed by atoms with Crippen molar-refractivity contribution in [2.24, 2.45) is 0 Å². The Morgan fingerprint density at radius 1 is 1.29 bits per heavy atom. The van der Waals surface area contributed by atoms with E-state index in [1.807, 2.05) is 0 Å². The SMILES string of the molecule is COC(=O)c1ccccc1S(=O)(=O)Nc1n[nH]c(C)c1C. The Bertz CT molecular complexity index is 780. The van der Waals surface area contributed by atoms with Crippen LogP contribution in [0.1, 0.15) is 21.6 Å². The van der Waals surface area contributed by atoms with Crippen molar-refractivity contribution < 1.29 is 17.9 Å². The van der Waals surface area contributed by atoms with E-state index in [1.165, 1.54) is 25.3 Å². The minimum Gasteiger partial charge on any atom is -0.465 e. The number of hydrogen-bond donors (Lipinski definition) is 2. The van der Waals surface area contributed by atoms with Crippen LogP contribution in [0.25, 0.3) is 0 Å². The summed E-state index contributed by atoms with van der Waals surface area (Å²) in [5.41, 5.74) is 1.42. The van der Waals surface area contributed by atoms with Gasteiger partial charge in [-0.15, -0.1) is 0 Å². The van der Waals surface area contributed by atoms with Gasteiger partial charge in [0.1, 0.15) is 4.90 Å². The van der Waals surface area contributed by atoms with E-state index >= 15 is 0 Å². The average Bonchev–Trinajstić information content (AvgIpc) is 2.78. The summed E-state index contributed by atoms with van der Waals surface area (Å²) < 4.78 is 31.8. The second-order valence-corrected chi connectivity index (χ2v) is 6.07. The third kappa shape index (κ3) is 2.89. The number of esters is 1. The fourth-order valence-electron chi connectivity index (χ4n) is 1.75. The molecule has 0 fully saturated rings. The summed E-state index contributed by atoms with van der Waals surface area (Å²) in [5, 5.41) is 6.58. The van der Waals surface area contributed by atoms with Crippen LogP contribution in [0.2, 0.25) is 0 Å². The van der Waals surface area contributed by atoms with Gasteiger partial charge in [-0.25, -0.2) is 13.2 Å². The number of sulfonamides is 1. The number of hydrogen-bond acceptors (Lipinski definition) is 5. The molecule has 2 N–H and O–H groups in total. The molecule has 1 aromatic carbocycles. The molecular weight excluding hydrogens is 294 g/mol. The topological polar surface area (TPSA) is 101 Å². The normalized spacial score (nSPS) is 11.2. The summed E-state index contributed by atoms with van der Waals surface area (Å²) in [6.45, 7) is 3.52. The summed E-state index contributed by atoms with van der Waals surface area (Å²) in [5.74, 6) is -0.516. The van der Waals surface area contributed by atoms with E-state index in [0.29, 0.717) is 5.56 Å². The first-order valence-corrected chi connectivity index (χ1v) is 7.57. The molecule has 0 atom stereocenters. The summed E-state index contributed by atoms with van der Waals surface area (Å²) in [4.78, 5) is 11.5. The molecule has 0 radical (unpaired) electrons. The molecule has 2 rings (SSSR count). The molecule has 2 aromatic rings. The highest BCUT2D eigenvalue weighted by atomic mass is 32.2. The number of ether oxygens (including phenoxy) is 1. The lowest BCUT2D eigenvalue weighted by Gasteiger charge is -2.10. The van der Waals surface area contributed by atoms with E-state index in [9.17, 15) is 13.2 Å². The van der Waals surface area contributed by atoms with Crippen LogP contribution in [0.3, 0.4) is 0 Å². The highest BCUT2D eigenvalue weighted by Crippen LogP contribution is 2.22. The Morgan fingerprint density at radius 3 is 2.52 bits per heavy atom. The number of anilines is 1. The largest absolute Gasteiger partial charge is 0.465 e. The van der Waals surface area contributed by atoms with Gasteiger partial charge in [-0.3, -0.25) is 9.82 Å². The number of nitrogens with zero attached hydrogens (tertiary/aromatic N) is 1. The molecule has 21 heavy (non-hydrogen) atoms. The van der Waals surface area contributed by atoms with Crippen LogP contribution in [-0.4, -0.2) is 31.7 Å². The molecule has 112 valence electrons. The molecular formula is C13H15N3O4S. The Balaban J connectivity index is 2.45. The Hall–Kier alpha value is -2.35. The molecule has 7 nitrogen and oxygen atoms in total. The summed E-state index contributed by atoms with van der Waals surface area (Å²) in [6.07, 6.45) is 0. The number of H-pyrrole nitrogens is 1. The Labute approximate surface area is 122 Å². The number of carbonyl (C=O) groups is 1. The predicted molar refractivity (Wildman–Crippen MR) is 76.7 cm³/mol. The number of rotatable bonds is 4. The van der Waals surface area contributed by atoms with E-state index in [4.69, 9.17) is 0 Å². The molecule has 1 aromatic heterocycles. The van der Waals surface area contributed by atoms with Gasteiger partial charge >= 0.3 is 5.97 Å². The van der Waals surface area contributed by atoms with Gasteiger partial charge in [0.25, 0.3) is 10.0 Å². The zero-order valence-electron chi connectivity index (χ0n) is 11.8. The van der Waals surface area contributed by atoms with Crippen molar-refractivity contribution >= 4 is 21.8 Å². The van der Waals surface area contributed by atoms with Crippen LogP contribution in [0.4, 0.5) is 5.82 Å². The molecule has 0 aliphatic rings. The number of aromatic amines is 1. The molecule has 0 unspecified atom stereocenters. The second-order valence-electron chi connectivity index (χ2n) is 4.42. The fraction of sp³-hybridized carbons (Fsp3) is 0.231. The molecule has 0 aliphatic heterocycles. The van der Waals surface area contributed by atoms with E-state index < -0.39 is 16.0 Å². The van der Waals surface area contributed by atoms with Gasteiger partial charge in [0.15, 0.2) is 5.82 Å². The third-order valence-electron chi connectivity index (χ3n) is 3.07. The fourth-order valence-corrected chi connectivity index (χ4v) is 3.01. The van der Waals surface area contributed by atoms with Gasteiger partial charge in [-0.1, -0.05) is 12.1 Å². The minimum atomic E-state index is -3.94. The standard InChI is InChI=1S/C13H15N3O4S/c1-8-9(2)14-15-12(8)16-21(18,19)11-7-5-4-6-10(11)13(17)20-3/h4-7H,1-3H3,(H2,14,15,16). The molecule has 0 amide bonds. The average molecular weight is 309 g/mol. The second kappa shape index (κ2) is 5.57. The molecule has 8 heteroatoms. The number of benzene rings is 1. The highest BCUT2D eigenvalue weighted by molar-refractivity contribution is 7.92. The monoisotopic (exact) mass is 309 g/mol. The van der Waals surface area contributed by atoms with Crippen molar-refractivity contribution in [2.75, 3.05) is 11.8 Å². The predicted octanol–water partition coefficient (Wildman–Crippen LogP) is 1.61. The van der Waals surface area contributed by atoms with Crippen molar-refractivity contribution in [3.8, 4) is 0 Å². The lowest BCUT2D eigenvalue weighted by molar-refractivity contribution is 0.0596.